The Bertz CT molecular complexity index is 821. The molecule has 1 N–H and O–H groups in total. The Balaban J connectivity index is 0.00000364. The first-order valence-electron chi connectivity index (χ1n) is 8.96. The summed E-state index contributed by atoms with van der Waals surface area (Å²) in [5, 5.41) is 11.9. The first kappa shape index (κ1) is 24.0. The maximum Gasteiger partial charge on any atom is 1.00 e. The molecule has 0 aromatic heterocycles. The molecule has 0 radical (unpaired) electrons. The molecule has 0 aliphatic rings. The minimum atomic E-state index is -4.37. The molecule has 2 aromatic carbocycles. The SMILES string of the molecule is CCCCCCCCc1c(Oc2ccccc2[O-])cccc1S(=O)(=O)O.[Na+]. The minimum absolute atomic E-state index is 0. The van der Waals surface area contributed by atoms with Gasteiger partial charge in [0.15, 0.2) is 0 Å². The van der Waals surface area contributed by atoms with Crippen molar-refractivity contribution in [2.75, 3.05) is 0 Å². The Morgan fingerprint density at radius 2 is 1.56 bits per heavy atom. The van der Waals surface area contributed by atoms with Crippen molar-refractivity contribution in [3.8, 4) is 17.2 Å². The average Bonchev–Trinajstić information content (AvgIpc) is 2.60. The van der Waals surface area contributed by atoms with Gasteiger partial charge < -0.3 is 9.84 Å². The molecule has 5 nitrogen and oxygen atoms in total. The fourth-order valence-electron chi connectivity index (χ4n) is 2.86. The van der Waals surface area contributed by atoms with Crippen LogP contribution in [0.15, 0.2) is 47.4 Å². The largest absolute Gasteiger partial charge is 1.00 e. The summed E-state index contributed by atoms with van der Waals surface area (Å²) in [5.41, 5.74) is 0.411. The van der Waals surface area contributed by atoms with E-state index in [4.69, 9.17) is 4.74 Å². The molecule has 2 rings (SSSR count). The zero-order valence-corrected chi connectivity index (χ0v) is 18.8. The molecule has 0 fully saturated rings. The van der Waals surface area contributed by atoms with Crippen molar-refractivity contribution < 1.29 is 52.4 Å². The number of rotatable bonds is 10. The van der Waals surface area contributed by atoms with Crippen molar-refractivity contribution in [1.82, 2.24) is 0 Å². The Hall–Kier alpha value is -1.05. The summed E-state index contributed by atoms with van der Waals surface area (Å²) in [7, 11) is -4.37. The van der Waals surface area contributed by atoms with Gasteiger partial charge in [-0.25, -0.2) is 0 Å². The van der Waals surface area contributed by atoms with Crippen LogP contribution in [0.4, 0.5) is 0 Å². The Morgan fingerprint density at radius 1 is 0.926 bits per heavy atom. The maximum atomic E-state index is 11.9. The van der Waals surface area contributed by atoms with Gasteiger partial charge in [0.1, 0.15) is 16.4 Å². The van der Waals surface area contributed by atoms with E-state index in [2.05, 4.69) is 6.92 Å². The second kappa shape index (κ2) is 11.7. The normalized spacial score (nSPS) is 11.0. The molecule has 142 valence electrons. The standard InChI is InChI=1S/C20H26O5S.Na/c1-2-3-4-5-6-7-11-16-18(14-10-15-20(16)26(22,23)24)25-19-13-9-8-12-17(19)21;/h8-10,12-15,21H,2-7,11H2,1H3,(H,22,23,24);/q;+1/p-1. The second-order valence-corrected chi connectivity index (χ2v) is 7.66. The van der Waals surface area contributed by atoms with E-state index in [1.54, 1.807) is 18.2 Å². The molecule has 0 unspecified atom stereocenters. The van der Waals surface area contributed by atoms with Gasteiger partial charge in [0.25, 0.3) is 10.1 Å². The average molecular weight is 400 g/mol. The minimum Gasteiger partial charge on any atom is -0.870 e. The summed E-state index contributed by atoms with van der Waals surface area (Å²) in [6, 6.07) is 10.7. The van der Waals surface area contributed by atoms with Gasteiger partial charge in [0.2, 0.25) is 0 Å². The van der Waals surface area contributed by atoms with Gasteiger partial charge in [-0.1, -0.05) is 69.0 Å². The third-order valence-electron chi connectivity index (χ3n) is 4.22. The van der Waals surface area contributed by atoms with Crippen LogP contribution in [0.2, 0.25) is 0 Å². The zero-order valence-electron chi connectivity index (χ0n) is 16.0. The van der Waals surface area contributed by atoms with E-state index in [9.17, 15) is 18.1 Å². The number of unbranched alkanes of at least 4 members (excludes halogenated alkanes) is 5. The number of hydrogen-bond donors (Lipinski definition) is 1. The maximum absolute atomic E-state index is 11.9. The van der Waals surface area contributed by atoms with E-state index in [1.165, 1.54) is 30.7 Å². The molecular formula is C20H25NaO5S. The quantitative estimate of drug-likeness (QED) is 0.373. The van der Waals surface area contributed by atoms with Gasteiger partial charge in [-0.2, -0.15) is 8.42 Å². The first-order valence-corrected chi connectivity index (χ1v) is 10.4. The molecule has 0 amide bonds. The fourth-order valence-corrected chi connectivity index (χ4v) is 3.63. The predicted molar refractivity (Wildman–Crippen MR) is 99.3 cm³/mol. The molecular weight excluding hydrogens is 375 g/mol. The fraction of sp³-hybridized carbons (Fsp3) is 0.400. The van der Waals surface area contributed by atoms with E-state index in [0.29, 0.717) is 12.0 Å². The third-order valence-corrected chi connectivity index (χ3v) is 5.16. The van der Waals surface area contributed by atoms with Crippen molar-refractivity contribution in [3.05, 3.63) is 48.0 Å². The van der Waals surface area contributed by atoms with Crippen LogP contribution in [0.5, 0.6) is 17.2 Å². The Kier molecular flexibility index (Phi) is 10.4. The van der Waals surface area contributed by atoms with Crippen molar-refractivity contribution in [2.45, 2.75) is 56.8 Å². The van der Waals surface area contributed by atoms with Crippen LogP contribution in [0.1, 0.15) is 51.0 Å². The van der Waals surface area contributed by atoms with Crippen molar-refractivity contribution in [2.24, 2.45) is 0 Å². The van der Waals surface area contributed by atoms with Crippen LogP contribution in [-0.2, 0) is 16.5 Å². The van der Waals surface area contributed by atoms with Crippen molar-refractivity contribution >= 4 is 10.1 Å². The summed E-state index contributed by atoms with van der Waals surface area (Å²) >= 11 is 0. The second-order valence-electron chi connectivity index (χ2n) is 6.27. The molecule has 0 spiro atoms. The molecule has 0 saturated heterocycles. The Labute approximate surface area is 183 Å². The van der Waals surface area contributed by atoms with Gasteiger partial charge in [0.05, 0.1) is 0 Å². The van der Waals surface area contributed by atoms with Crippen LogP contribution in [-0.4, -0.2) is 13.0 Å². The number of hydrogen-bond acceptors (Lipinski definition) is 4. The number of ether oxygens (including phenoxy) is 1. The van der Waals surface area contributed by atoms with E-state index >= 15 is 0 Å². The molecule has 7 heteroatoms. The summed E-state index contributed by atoms with van der Waals surface area (Å²) in [6.07, 6.45) is 6.81. The van der Waals surface area contributed by atoms with E-state index in [0.717, 1.165) is 32.1 Å². The molecule has 0 aliphatic carbocycles. The molecule has 27 heavy (non-hydrogen) atoms. The van der Waals surface area contributed by atoms with Crippen molar-refractivity contribution in [1.29, 1.82) is 0 Å². The van der Waals surface area contributed by atoms with Gasteiger partial charge in [-0.05, 0) is 31.0 Å². The van der Waals surface area contributed by atoms with Crippen LogP contribution in [0.3, 0.4) is 0 Å². The monoisotopic (exact) mass is 400 g/mol. The molecule has 0 aliphatic heterocycles. The van der Waals surface area contributed by atoms with Crippen LogP contribution in [0.25, 0.3) is 0 Å². The summed E-state index contributed by atoms with van der Waals surface area (Å²) < 4.78 is 38.7. The summed E-state index contributed by atoms with van der Waals surface area (Å²) in [4.78, 5) is -0.160. The van der Waals surface area contributed by atoms with Crippen LogP contribution < -0.4 is 39.4 Å². The molecule has 0 atom stereocenters. The molecule has 2 aromatic rings. The smallest absolute Gasteiger partial charge is 0.870 e. The van der Waals surface area contributed by atoms with Gasteiger partial charge in [-0.15, -0.1) is 0 Å². The molecule has 0 bridgehead atoms. The van der Waals surface area contributed by atoms with Crippen molar-refractivity contribution in [3.63, 3.8) is 0 Å². The van der Waals surface area contributed by atoms with E-state index < -0.39 is 10.1 Å². The predicted octanol–water partition coefficient (Wildman–Crippen LogP) is 1.71. The van der Waals surface area contributed by atoms with Crippen LogP contribution in [0, 0.1) is 0 Å². The number of benzene rings is 2. The molecule has 0 heterocycles. The summed E-state index contributed by atoms with van der Waals surface area (Å²) in [5.74, 6) is 0.136. The van der Waals surface area contributed by atoms with E-state index in [1.807, 2.05) is 0 Å². The Morgan fingerprint density at radius 3 is 2.22 bits per heavy atom. The third kappa shape index (κ3) is 7.47. The van der Waals surface area contributed by atoms with E-state index in [-0.39, 0.29) is 51.7 Å². The van der Waals surface area contributed by atoms with Crippen LogP contribution >= 0.6 is 0 Å². The topological polar surface area (TPSA) is 86.7 Å². The zero-order chi connectivity index (χ0) is 19.0. The summed E-state index contributed by atoms with van der Waals surface area (Å²) in [6.45, 7) is 2.15. The van der Waals surface area contributed by atoms with Gasteiger partial charge in [-0.3, -0.25) is 4.55 Å². The van der Waals surface area contributed by atoms with Gasteiger partial charge >= 0.3 is 29.6 Å². The number of para-hydroxylation sites is 2. The van der Waals surface area contributed by atoms with Gasteiger partial charge in [0, 0.05) is 5.56 Å². The molecule has 0 saturated carbocycles. The first-order chi connectivity index (χ1) is 12.4.